The van der Waals surface area contributed by atoms with E-state index in [0.717, 1.165) is 23.7 Å². The highest BCUT2D eigenvalue weighted by Gasteiger charge is 2.25. The first kappa shape index (κ1) is 16.9. The molecule has 4 unspecified atom stereocenters. The first-order valence-electron chi connectivity index (χ1n) is 7.24. The lowest BCUT2D eigenvalue weighted by Gasteiger charge is -2.33. The topological polar surface area (TPSA) is 70.0 Å². The molecular formula is C15H34N2. The molecule has 2 heteroatoms. The minimum Gasteiger partial charge on any atom is -0.344 e. The molecule has 0 radical (unpaired) electrons. The minimum absolute atomic E-state index is 0. The van der Waals surface area contributed by atoms with Gasteiger partial charge in [-0.15, -0.1) is 0 Å². The molecule has 4 atom stereocenters. The van der Waals surface area contributed by atoms with Gasteiger partial charge in [-0.1, -0.05) is 52.4 Å². The first-order chi connectivity index (χ1) is 7.24. The molecule has 0 bridgehead atoms. The highest BCUT2D eigenvalue weighted by molar-refractivity contribution is 4.77. The van der Waals surface area contributed by atoms with Gasteiger partial charge in [0.15, 0.2) is 0 Å². The van der Waals surface area contributed by atoms with Gasteiger partial charge in [-0.05, 0) is 42.9 Å². The van der Waals surface area contributed by atoms with Crippen LogP contribution in [-0.4, -0.2) is 0 Å². The Labute approximate surface area is 108 Å². The average molecular weight is 242 g/mol. The van der Waals surface area contributed by atoms with Gasteiger partial charge in [-0.3, -0.25) is 0 Å². The molecule has 2 saturated carbocycles. The van der Waals surface area contributed by atoms with Gasteiger partial charge in [0, 0.05) is 0 Å². The molecule has 0 aromatic carbocycles. The Morgan fingerprint density at radius 3 is 1.47 bits per heavy atom. The Bertz CT molecular complexity index is 173. The standard InChI is InChI=1S/C15H28.2H3N/c1-12-5-3-7-14(9-12)11-15-8-4-6-13(2)10-15;;/h12-15H,3-11H2,1-2H3;2*1H3. The summed E-state index contributed by atoms with van der Waals surface area (Å²) in [5.41, 5.74) is 0. The highest BCUT2D eigenvalue weighted by atomic mass is 14.3. The molecule has 2 nitrogen and oxygen atoms in total. The summed E-state index contributed by atoms with van der Waals surface area (Å²) < 4.78 is 0. The van der Waals surface area contributed by atoms with Gasteiger partial charge in [0.05, 0.1) is 0 Å². The van der Waals surface area contributed by atoms with Crippen LogP contribution >= 0.6 is 0 Å². The van der Waals surface area contributed by atoms with E-state index in [0.29, 0.717) is 0 Å². The van der Waals surface area contributed by atoms with Gasteiger partial charge in [0.1, 0.15) is 0 Å². The Balaban J connectivity index is 0.00000128. The first-order valence-corrected chi connectivity index (χ1v) is 7.24. The van der Waals surface area contributed by atoms with E-state index in [2.05, 4.69) is 13.8 Å². The van der Waals surface area contributed by atoms with Crippen molar-refractivity contribution >= 4 is 0 Å². The third kappa shape index (κ3) is 5.39. The van der Waals surface area contributed by atoms with E-state index in [-0.39, 0.29) is 12.3 Å². The van der Waals surface area contributed by atoms with Gasteiger partial charge in [0.25, 0.3) is 0 Å². The van der Waals surface area contributed by atoms with Gasteiger partial charge in [-0.25, -0.2) is 0 Å². The van der Waals surface area contributed by atoms with Crippen molar-refractivity contribution < 1.29 is 0 Å². The van der Waals surface area contributed by atoms with Gasteiger partial charge >= 0.3 is 0 Å². The predicted molar refractivity (Wildman–Crippen MR) is 76.9 cm³/mol. The summed E-state index contributed by atoms with van der Waals surface area (Å²) in [5, 5.41) is 0. The van der Waals surface area contributed by atoms with Crippen LogP contribution in [0.3, 0.4) is 0 Å². The predicted octanol–water partition coefficient (Wildman–Crippen LogP) is 5.35. The van der Waals surface area contributed by atoms with Gasteiger partial charge in [0.2, 0.25) is 0 Å². The number of hydrogen-bond donors (Lipinski definition) is 2. The molecule has 0 spiro atoms. The fourth-order valence-electron chi connectivity index (χ4n) is 4.02. The normalized spacial score (nSPS) is 37.8. The Morgan fingerprint density at radius 2 is 1.12 bits per heavy atom. The summed E-state index contributed by atoms with van der Waals surface area (Å²) in [6, 6.07) is 0. The van der Waals surface area contributed by atoms with E-state index >= 15 is 0 Å². The molecule has 0 aromatic rings. The van der Waals surface area contributed by atoms with Crippen molar-refractivity contribution in [3.63, 3.8) is 0 Å². The second-order valence-corrected chi connectivity index (χ2v) is 6.51. The van der Waals surface area contributed by atoms with Crippen molar-refractivity contribution in [2.45, 2.75) is 71.6 Å². The average Bonchev–Trinajstić information content (AvgIpc) is 2.17. The zero-order valence-corrected chi connectivity index (χ0v) is 12.1. The van der Waals surface area contributed by atoms with Crippen LogP contribution in [0, 0.1) is 23.7 Å². The largest absolute Gasteiger partial charge is 0.344 e. The van der Waals surface area contributed by atoms with Crippen LogP contribution in [0.5, 0.6) is 0 Å². The maximum absolute atomic E-state index is 2.45. The molecule has 0 aliphatic heterocycles. The molecular weight excluding hydrogens is 208 g/mol. The van der Waals surface area contributed by atoms with E-state index in [1.807, 2.05) is 0 Å². The summed E-state index contributed by atoms with van der Waals surface area (Å²) in [6.07, 6.45) is 13.7. The molecule has 17 heavy (non-hydrogen) atoms. The Morgan fingerprint density at radius 1 is 0.706 bits per heavy atom. The maximum atomic E-state index is 2.45. The van der Waals surface area contributed by atoms with Crippen molar-refractivity contribution in [3.05, 3.63) is 0 Å². The molecule has 2 aliphatic carbocycles. The monoisotopic (exact) mass is 242 g/mol. The van der Waals surface area contributed by atoms with E-state index in [9.17, 15) is 0 Å². The Hall–Kier alpha value is -0.0800. The quantitative estimate of drug-likeness (QED) is 0.685. The lowest BCUT2D eigenvalue weighted by molar-refractivity contribution is 0.191. The molecule has 2 rings (SSSR count). The zero-order chi connectivity index (χ0) is 10.7. The van der Waals surface area contributed by atoms with Crippen LogP contribution in [0.25, 0.3) is 0 Å². The summed E-state index contributed by atoms with van der Waals surface area (Å²) in [6.45, 7) is 4.91. The van der Waals surface area contributed by atoms with E-state index in [1.165, 1.54) is 51.4 Å². The molecule has 0 heterocycles. The summed E-state index contributed by atoms with van der Waals surface area (Å²) in [5.74, 6) is 4.21. The summed E-state index contributed by atoms with van der Waals surface area (Å²) >= 11 is 0. The second-order valence-electron chi connectivity index (χ2n) is 6.51. The lowest BCUT2D eigenvalue weighted by Crippen LogP contribution is -2.20. The molecule has 0 saturated heterocycles. The highest BCUT2D eigenvalue weighted by Crippen LogP contribution is 2.38. The lowest BCUT2D eigenvalue weighted by atomic mass is 9.73. The van der Waals surface area contributed by atoms with Crippen molar-refractivity contribution in [2.24, 2.45) is 23.7 Å². The summed E-state index contributed by atoms with van der Waals surface area (Å²) in [7, 11) is 0. The van der Waals surface area contributed by atoms with E-state index in [4.69, 9.17) is 0 Å². The third-order valence-electron chi connectivity index (χ3n) is 4.76. The van der Waals surface area contributed by atoms with Crippen LogP contribution in [0.15, 0.2) is 0 Å². The Kier molecular flexibility index (Phi) is 8.06. The van der Waals surface area contributed by atoms with Crippen LogP contribution in [0.1, 0.15) is 71.6 Å². The maximum Gasteiger partial charge on any atom is -0.0409 e. The third-order valence-corrected chi connectivity index (χ3v) is 4.76. The van der Waals surface area contributed by atoms with Crippen LogP contribution in [-0.2, 0) is 0 Å². The molecule has 0 amide bonds. The molecule has 104 valence electrons. The SMILES string of the molecule is CC1CCCC(CC2CCCC(C)C2)C1.N.N. The van der Waals surface area contributed by atoms with Crippen molar-refractivity contribution in [3.8, 4) is 0 Å². The molecule has 2 fully saturated rings. The zero-order valence-electron chi connectivity index (χ0n) is 12.1. The van der Waals surface area contributed by atoms with Gasteiger partial charge in [-0.2, -0.15) is 0 Å². The smallest absolute Gasteiger partial charge is 0.0409 e. The van der Waals surface area contributed by atoms with E-state index in [1.54, 1.807) is 6.42 Å². The second kappa shape index (κ2) is 8.10. The van der Waals surface area contributed by atoms with Crippen LogP contribution in [0.4, 0.5) is 0 Å². The molecule has 2 aliphatic rings. The minimum atomic E-state index is 0. The van der Waals surface area contributed by atoms with E-state index < -0.39 is 0 Å². The summed E-state index contributed by atoms with van der Waals surface area (Å²) in [4.78, 5) is 0. The van der Waals surface area contributed by atoms with Crippen LogP contribution in [0.2, 0.25) is 0 Å². The fraction of sp³-hybridized carbons (Fsp3) is 1.00. The number of rotatable bonds is 2. The number of hydrogen-bond acceptors (Lipinski definition) is 2. The fourth-order valence-corrected chi connectivity index (χ4v) is 4.02. The van der Waals surface area contributed by atoms with Crippen molar-refractivity contribution in [1.82, 2.24) is 12.3 Å². The molecule has 0 aromatic heterocycles. The van der Waals surface area contributed by atoms with Gasteiger partial charge < -0.3 is 12.3 Å². The molecule has 6 N–H and O–H groups in total. The van der Waals surface area contributed by atoms with Crippen molar-refractivity contribution in [2.75, 3.05) is 0 Å². The van der Waals surface area contributed by atoms with Crippen LogP contribution < -0.4 is 12.3 Å². The van der Waals surface area contributed by atoms with Crippen molar-refractivity contribution in [1.29, 1.82) is 0 Å².